The molecule has 0 bridgehead atoms. The second-order valence-corrected chi connectivity index (χ2v) is 4.01. The van der Waals surface area contributed by atoms with E-state index < -0.39 is 6.10 Å². The predicted molar refractivity (Wildman–Crippen MR) is 67.2 cm³/mol. The molecule has 2 aromatic rings. The van der Waals surface area contributed by atoms with Crippen LogP contribution in [-0.2, 0) is 7.05 Å². The van der Waals surface area contributed by atoms with Crippen molar-refractivity contribution in [1.29, 1.82) is 0 Å². The Morgan fingerprint density at radius 3 is 2.83 bits per heavy atom. The summed E-state index contributed by atoms with van der Waals surface area (Å²) in [7, 11) is 3.30. The lowest BCUT2D eigenvalue weighted by Crippen LogP contribution is -2.07. The minimum atomic E-state index is -0.901. The van der Waals surface area contributed by atoms with E-state index in [1.165, 1.54) is 0 Å². The standard InChI is InChI=1S/C12H16N4O2/c1-7-9(12(18-3)16(2)15-7)10(17)8-5-4-6-14-11(8)13/h4-6,10,17H,1-3H3,(H2,13,14). The molecule has 2 heterocycles. The zero-order chi connectivity index (χ0) is 13.3. The fraction of sp³-hybridized carbons (Fsp3) is 0.333. The van der Waals surface area contributed by atoms with Crippen LogP contribution in [0.5, 0.6) is 5.88 Å². The first-order valence-corrected chi connectivity index (χ1v) is 5.52. The van der Waals surface area contributed by atoms with E-state index in [0.717, 1.165) is 0 Å². The smallest absolute Gasteiger partial charge is 0.217 e. The summed E-state index contributed by atoms with van der Waals surface area (Å²) in [6.07, 6.45) is 0.682. The lowest BCUT2D eigenvalue weighted by Gasteiger charge is -2.13. The topological polar surface area (TPSA) is 86.2 Å². The van der Waals surface area contributed by atoms with E-state index in [2.05, 4.69) is 10.1 Å². The van der Waals surface area contributed by atoms with E-state index in [1.54, 1.807) is 37.2 Å². The second-order valence-electron chi connectivity index (χ2n) is 4.01. The third-order valence-electron chi connectivity index (χ3n) is 2.85. The quantitative estimate of drug-likeness (QED) is 0.839. The molecule has 0 aliphatic carbocycles. The van der Waals surface area contributed by atoms with Crippen molar-refractivity contribution in [2.75, 3.05) is 12.8 Å². The molecule has 1 atom stereocenters. The number of anilines is 1. The summed E-state index contributed by atoms with van der Waals surface area (Å²) in [6.45, 7) is 1.81. The molecular formula is C12H16N4O2. The number of rotatable bonds is 3. The van der Waals surface area contributed by atoms with Gasteiger partial charge >= 0.3 is 0 Å². The highest BCUT2D eigenvalue weighted by Crippen LogP contribution is 2.33. The van der Waals surface area contributed by atoms with Gasteiger partial charge in [0.1, 0.15) is 11.9 Å². The largest absolute Gasteiger partial charge is 0.481 e. The number of ether oxygens (including phenoxy) is 1. The van der Waals surface area contributed by atoms with Crippen LogP contribution in [0.3, 0.4) is 0 Å². The third-order valence-corrected chi connectivity index (χ3v) is 2.85. The van der Waals surface area contributed by atoms with Gasteiger partial charge in [0.2, 0.25) is 5.88 Å². The molecule has 2 aromatic heterocycles. The number of nitrogens with two attached hydrogens (primary N) is 1. The number of nitrogens with zero attached hydrogens (tertiary/aromatic N) is 3. The van der Waals surface area contributed by atoms with Gasteiger partial charge in [0.05, 0.1) is 18.4 Å². The molecule has 0 saturated heterocycles. The normalized spacial score (nSPS) is 12.4. The highest BCUT2D eigenvalue weighted by molar-refractivity contribution is 5.47. The second kappa shape index (κ2) is 4.66. The summed E-state index contributed by atoms with van der Waals surface area (Å²) in [6, 6.07) is 3.46. The number of hydrogen-bond acceptors (Lipinski definition) is 5. The van der Waals surface area contributed by atoms with Crippen molar-refractivity contribution >= 4 is 5.82 Å². The van der Waals surface area contributed by atoms with E-state index in [-0.39, 0.29) is 0 Å². The molecule has 0 aromatic carbocycles. The summed E-state index contributed by atoms with van der Waals surface area (Å²) in [5.41, 5.74) is 7.63. The number of aliphatic hydroxyl groups is 1. The van der Waals surface area contributed by atoms with Gasteiger partial charge < -0.3 is 15.6 Å². The molecule has 6 heteroatoms. The first-order valence-electron chi connectivity index (χ1n) is 5.52. The molecule has 2 rings (SSSR count). The Kier molecular flexibility index (Phi) is 3.20. The van der Waals surface area contributed by atoms with Crippen molar-refractivity contribution in [3.05, 3.63) is 35.2 Å². The molecular weight excluding hydrogens is 232 g/mol. The number of hydrogen-bond donors (Lipinski definition) is 2. The first kappa shape index (κ1) is 12.4. The minimum Gasteiger partial charge on any atom is -0.481 e. The summed E-state index contributed by atoms with van der Waals surface area (Å²) >= 11 is 0. The molecule has 0 radical (unpaired) electrons. The van der Waals surface area contributed by atoms with Crippen LogP contribution in [0.4, 0.5) is 5.82 Å². The van der Waals surface area contributed by atoms with Gasteiger partial charge in [-0.25, -0.2) is 9.67 Å². The van der Waals surface area contributed by atoms with Crippen molar-refractivity contribution in [1.82, 2.24) is 14.8 Å². The van der Waals surface area contributed by atoms with Crippen LogP contribution in [-0.4, -0.2) is 27.0 Å². The fourth-order valence-corrected chi connectivity index (χ4v) is 2.03. The number of nitrogen functional groups attached to an aromatic ring is 1. The maximum Gasteiger partial charge on any atom is 0.217 e. The Morgan fingerprint density at radius 1 is 1.50 bits per heavy atom. The van der Waals surface area contributed by atoms with E-state index >= 15 is 0 Å². The summed E-state index contributed by atoms with van der Waals surface area (Å²) in [5, 5.41) is 14.7. The van der Waals surface area contributed by atoms with Gasteiger partial charge in [0.25, 0.3) is 0 Å². The van der Waals surface area contributed by atoms with Crippen LogP contribution < -0.4 is 10.5 Å². The van der Waals surface area contributed by atoms with Crippen LogP contribution >= 0.6 is 0 Å². The van der Waals surface area contributed by atoms with E-state index in [4.69, 9.17) is 10.5 Å². The van der Waals surface area contributed by atoms with E-state index in [9.17, 15) is 5.11 Å². The zero-order valence-electron chi connectivity index (χ0n) is 10.6. The maximum absolute atomic E-state index is 10.4. The Morgan fingerprint density at radius 2 is 2.22 bits per heavy atom. The van der Waals surface area contributed by atoms with Gasteiger partial charge in [-0.15, -0.1) is 0 Å². The number of pyridine rings is 1. The SMILES string of the molecule is COc1c(C(O)c2cccnc2N)c(C)nn1C. The van der Waals surface area contributed by atoms with Gasteiger partial charge in [0, 0.05) is 18.8 Å². The summed E-state index contributed by atoms with van der Waals surface area (Å²) < 4.78 is 6.84. The molecule has 0 fully saturated rings. The Hall–Kier alpha value is -2.08. The van der Waals surface area contributed by atoms with Gasteiger partial charge in [-0.1, -0.05) is 6.07 Å². The molecule has 0 aliphatic heterocycles. The van der Waals surface area contributed by atoms with Crippen molar-refractivity contribution in [2.24, 2.45) is 7.05 Å². The van der Waals surface area contributed by atoms with Gasteiger partial charge in [-0.2, -0.15) is 5.10 Å². The van der Waals surface area contributed by atoms with Crippen molar-refractivity contribution < 1.29 is 9.84 Å². The molecule has 18 heavy (non-hydrogen) atoms. The minimum absolute atomic E-state index is 0.301. The molecule has 3 N–H and O–H groups in total. The summed E-state index contributed by atoms with van der Waals surface area (Å²) in [5.74, 6) is 0.818. The number of aliphatic hydroxyl groups excluding tert-OH is 1. The molecule has 0 saturated carbocycles. The Labute approximate surface area is 105 Å². The Bertz CT molecular complexity index is 565. The highest BCUT2D eigenvalue weighted by atomic mass is 16.5. The average molecular weight is 248 g/mol. The number of methoxy groups -OCH3 is 1. The number of aryl methyl sites for hydroxylation is 2. The van der Waals surface area contributed by atoms with Crippen LogP contribution in [0, 0.1) is 6.92 Å². The first-order chi connectivity index (χ1) is 8.56. The molecule has 6 nitrogen and oxygen atoms in total. The maximum atomic E-state index is 10.4. The predicted octanol–water partition coefficient (Wildman–Crippen LogP) is 0.796. The van der Waals surface area contributed by atoms with E-state index in [0.29, 0.717) is 28.5 Å². The Balaban J connectivity index is 2.53. The van der Waals surface area contributed by atoms with Gasteiger partial charge in [-0.05, 0) is 13.0 Å². The lowest BCUT2D eigenvalue weighted by molar-refractivity contribution is 0.213. The van der Waals surface area contributed by atoms with Gasteiger partial charge in [0.15, 0.2) is 0 Å². The number of aromatic nitrogens is 3. The van der Waals surface area contributed by atoms with Crippen molar-refractivity contribution in [3.8, 4) is 5.88 Å². The zero-order valence-corrected chi connectivity index (χ0v) is 10.6. The van der Waals surface area contributed by atoms with Crippen molar-refractivity contribution in [3.63, 3.8) is 0 Å². The van der Waals surface area contributed by atoms with Gasteiger partial charge in [-0.3, -0.25) is 0 Å². The van der Waals surface area contributed by atoms with Crippen LogP contribution in [0.15, 0.2) is 18.3 Å². The molecule has 0 aliphatic rings. The fourth-order valence-electron chi connectivity index (χ4n) is 2.03. The third kappa shape index (κ3) is 1.91. The van der Waals surface area contributed by atoms with Crippen molar-refractivity contribution in [2.45, 2.75) is 13.0 Å². The van der Waals surface area contributed by atoms with Crippen LogP contribution in [0.25, 0.3) is 0 Å². The van der Waals surface area contributed by atoms with Crippen LogP contribution in [0.1, 0.15) is 22.9 Å². The molecule has 1 unspecified atom stereocenters. The molecule has 96 valence electrons. The average Bonchev–Trinajstić information content (AvgIpc) is 2.63. The molecule has 0 spiro atoms. The lowest BCUT2D eigenvalue weighted by atomic mass is 10.0. The monoisotopic (exact) mass is 248 g/mol. The molecule has 0 amide bonds. The van der Waals surface area contributed by atoms with Crippen LogP contribution in [0.2, 0.25) is 0 Å². The van der Waals surface area contributed by atoms with E-state index in [1.807, 2.05) is 6.92 Å². The highest BCUT2D eigenvalue weighted by Gasteiger charge is 2.24. The summed E-state index contributed by atoms with van der Waals surface area (Å²) in [4.78, 5) is 3.97.